The number of amides is 1. The maximum atomic E-state index is 12.3. The number of rotatable bonds is 6. The van der Waals surface area contributed by atoms with Crippen LogP contribution >= 0.6 is 11.6 Å². The van der Waals surface area contributed by atoms with Gasteiger partial charge >= 0.3 is 0 Å². The van der Waals surface area contributed by atoms with E-state index in [-0.39, 0.29) is 12.7 Å². The summed E-state index contributed by atoms with van der Waals surface area (Å²) in [7, 11) is 0. The Labute approximate surface area is 176 Å². The quantitative estimate of drug-likeness (QED) is 0.716. The summed E-state index contributed by atoms with van der Waals surface area (Å²) >= 11 is 6.19. The van der Waals surface area contributed by atoms with Gasteiger partial charge in [-0.15, -0.1) is 0 Å². The van der Waals surface area contributed by atoms with Crippen molar-refractivity contribution in [2.75, 3.05) is 19.9 Å². The first kappa shape index (κ1) is 19.8. The molecule has 2 heterocycles. The molecule has 152 valence electrons. The molecule has 1 saturated heterocycles. The minimum Gasteiger partial charge on any atom is -0.454 e. The van der Waals surface area contributed by atoms with Gasteiger partial charge in [0.15, 0.2) is 11.5 Å². The lowest BCUT2D eigenvalue weighted by Crippen LogP contribution is -3.11. The van der Waals surface area contributed by atoms with Gasteiger partial charge in [-0.3, -0.25) is 4.79 Å². The predicted molar refractivity (Wildman–Crippen MR) is 113 cm³/mol. The van der Waals surface area contributed by atoms with E-state index in [1.54, 1.807) is 17.0 Å². The van der Waals surface area contributed by atoms with Crippen LogP contribution in [0, 0.1) is 0 Å². The Balaban J connectivity index is 1.35. The Morgan fingerprint density at radius 1 is 1.10 bits per heavy atom. The molecule has 5 nitrogen and oxygen atoms in total. The third kappa shape index (κ3) is 5.11. The van der Waals surface area contributed by atoms with Crippen molar-refractivity contribution in [3.63, 3.8) is 0 Å². The number of carbonyl (C=O) groups excluding carboxylic acids is 1. The van der Waals surface area contributed by atoms with E-state index in [9.17, 15) is 4.79 Å². The number of carbonyl (C=O) groups is 1. The Morgan fingerprint density at radius 2 is 1.90 bits per heavy atom. The van der Waals surface area contributed by atoms with E-state index in [0.717, 1.165) is 12.1 Å². The van der Waals surface area contributed by atoms with Gasteiger partial charge < -0.3 is 19.7 Å². The second-order valence-electron chi connectivity index (χ2n) is 7.54. The normalized spacial score (nSPS) is 16.3. The molecule has 0 bridgehead atoms. The van der Waals surface area contributed by atoms with Crippen molar-refractivity contribution in [3.05, 3.63) is 64.2 Å². The molecule has 2 aromatic carbocycles. The Kier molecular flexibility index (Phi) is 6.37. The van der Waals surface area contributed by atoms with Gasteiger partial charge in [0, 0.05) is 18.2 Å². The van der Waals surface area contributed by atoms with E-state index >= 15 is 0 Å². The number of quaternary nitrogens is 1. The van der Waals surface area contributed by atoms with Gasteiger partial charge in [-0.1, -0.05) is 35.9 Å². The van der Waals surface area contributed by atoms with Gasteiger partial charge in [-0.05, 0) is 48.6 Å². The van der Waals surface area contributed by atoms with Crippen molar-refractivity contribution in [1.29, 1.82) is 0 Å². The molecule has 0 aliphatic carbocycles. The van der Waals surface area contributed by atoms with Crippen LogP contribution in [0.4, 0.5) is 0 Å². The van der Waals surface area contributed by atoms with Crippen molar-refractivity contribution >= 4 is 23.6 Å². The molecule has 2 N–H and O–H groups in total. The van der Waals surface area contributed by atoms with Crippen molar-refractivity contribution < 1.29 is 19.2 Å². The van der Waals surface area contributed by atoms with E-state index < -0.39 is 0 Å². The molecule has 6 heteroatoms. The zero-order chi connectivity index (χ0) is 20.1. The molecule has 0 saturated carbocycles. The van der Waals surface area contributed by atoms with E-state index in [2.05, 4.69) is 23.5 Å². The van der Waals surface area contributed by atoms with Crippen LogP contribution in [0.3, 0.4) is 0 Å². The average molecular weight is 414 g/mol. The zero-order valence-electron chi connectivity index (χ0n) is 16.4. The van der Waals surface area contributed by atoms with E-state index in [4.69, 9.17) is 21.1 Å². The maximum absolute atomic E-state index is 12.3. The SMILES string of the molecule is O=C(/C=C/c1cc(Cl)c2c(c1)OCO2)NCc1ccccc1C[NH+]1CCCCC1. The maximum Gasteiger partial charge on any atom is 0.244 e. The van der Waals surface area contributed by atoms with Crippen LogP contribution in [-0.4, -0.2) is 25.8 Å². The molecule has 1 amide bonds. The number of nitrogens with one attached hydrogen (secondary N) is 2. The minimum atomic E-state index is -0.140. The molecule has 0 radical (unpaired) electrons. The number of fused-ring (bicyclic) bond motifs is 1. The van der Waals surface area contributed by atoms with Crippen molar-refractivity contribution in [1.82, 2.24) is 5.32 Å². The number of piperidine rings is 1. The van der Waals surface area contributed by atoms with Crippen LogP contribution in [-0.2, 0) is 17.9 Å². The van der Waals surface area contributed by atoms with Crippen LogP contribution in [0.15, 0.2) is 42.5 Å². The first-order valence-corrected chi connectivity index (χ1v) is 10.5. The summed E-state index contributed by atoms with van der Waals surface area (Å²) in [5.41, 5.74) is 3.29. The van der Waals surface area contributed by atoms with E-state index in [1.807, 2.05) is 12.1 Å². The molecule has 1 fully saturated rings. The first-order chi connectivity index (χ1) is 14.2. The molecule has 0 unspecified atom stereocenters. The Morgan fingerprint density at radius 3 is 2.72 bits per heavy atom. The fourth-order valence-corrected chi connectivity index (χ4v) is 4.17. The first-order valence-electron chi connectivity index (χ1n) is 10.1. The number of benzene rings is 2. The molecule has 29 heavy (non-hydrogen) atoms. The summed E-state index contributed by atoms with van der Waals surface area (Å²) in [5.74, 6) is 1.02. The van der Waals surface area contributed by atoms with Crippen molar-refractivity contribution in [3.8, 4) is 11.5 Å². The molecule has 0 spiro atoms. The fourth-order valence-electron chi connectivity index (χ4n) is 3.90. The molecule has 0 atom stereocenters. The van der Waals surface area contributed by atoms with Gasteiger partial charge in [-0.2, -0.15) is 0 Å². The van der Waals surface area contributed by atoms with Crippen LogP contribution in [0.25, 0.3) is 6.08 Å². The third-order valence-corrected chi connectivity index (χ3v) is 5.73. The Hall–Kier alpha value is -2.50. The van der Waals surface area contributed by atoms with Gasteiger partial charge in [0.1, 0.15) is 6.54 Å². The molecule has 2 aliphatic rings. The Bertz CT molecular complexity index is 907. The smallest absolute Gasteiger partial charge is 0.244 e. The number of halogens is 1. The molecular weight excluding hydrogens is 388 g/mol. The molecular formula is C23H26ClN2O3+. The third-order valence-electron chi connectivity index (χ3n) is 5.45. The molecule has 2 aliphatic heterocycles. The number of ether oxygens (including phenoxy) is 2. The molecule has 2 aromatic rings. The van der Waals surface area contributed by atoms with Crippen LogP contribution in [0.5, 0.6) is 11.5 Å². The number of hydrogen-bond acceptors (Lipinski definition) is 3. The highest BCUT2D eigenvalue weighted by atomic mass is 35.5. The van der Waals surface area contributed by atoms with Gasteiger partial charge in [-0.25, -0.2) is 0 Å². The van der Waals surface area contributed by atoms with Gasteiger partial charge in [0.05, 0.1) is 18.1 Å². The average Bonchev–Trinajstić information content (AvgIpc) is 3.22. The summed E-state index contributed by atoms with van der Waals surface area (Å²) in [6.45, 7) is 4.19. The summed E-state index contributed by atoms with van der Waals surface area (Å²) in [4.78, 5) is 14.0. The lowest BCUT2D eigenvalue weighted by atomic mass is 10.0. The standard InChI is InChI=1S/C23H25ClN2O3/c24-20-12-17(13-21-23(20)29-16-28-21)8-9-22(27)25-14-18-6-2-3-7-19(18)15-26-10-4-1-5-11-26/h2-3,6-9,12-13H,1,4-5,10-11,14-16H2,(H,25,27)/p+1/b9-8+. The highest BCUT2D eigenvalue weighted by Gasteiger charge is 2.18. The highest BCUT2D eigenvalue weighted by Crippen LogP contribution is 2.40. The lowest BCUT2D eigenvalue weighted by Gasteiger charge is -2.24. The number of likely N-dealkylation sites (tertiary alicyclic amines) is 1. The zero-order valence-corrected chi connectivity index (χ0v) is 17.1. The van der Waals surface area contributed by atoms with E-state index in [1.165, 1.54) is 49.6 Å². The van der Waals surface area contributed by atoms with Gasteiger partial charge in [0.2, 0.25) is 12.7 Å². The van der Waals surface area contributed by atoms with E-state index in [0.29, 0.717) is 23.1 Å². The van der Waals surface area contributed by atoms with Crippen LogP contribution < -0.4 is 19.7 Å². The largest absolute Gasteiger partial charge is 0.454 e. The fraction of sp³-hybridized carbons (Fsp3) is 0.348. The second kappa shape index (κ2) is 9.33. The predicted octanol–water partition coefficient (Wildman–Crippen LogP) is 2.97. The minimum absolute atomic E-state index is 0.140. The lowest BCUT2D eigenvalue weighted by molar-refractivity contribution is -0.918. The van der Waals surface area contributed by atoms with Crippen molar-refractivity contribution in [2.45, 2.75) is 32.4 Å². The van der Waals surface area contributed by atoms with Crippen LogP contribution in [0.1, 0.15) is 36.0 Å². The second-order valence-corrected chi connectivity index (χ2v) is 7.95. The summed E-state index contributed by atoms with van der Waals surface area (Å²) < 4.78 is 10.7. The number of hydrogen-bond donors (Lipinski definition) is 2. The van der Waals surface area contributed by atoms with Crippen LogP contribution in [0.2, 0.25) is 5.02 Å². The topological polar surface area (TPSA) is 52.0 Å². The summed E-state index contributed by atoms with van der Waals surface area (Å²) in [6.07, 6.45) is 7.22. The highest BCUT2D eigenvalue weighted by molar-refractivity contribution is 6.32. The molecule has 4 rings (SSSR count). The van der Waals surface area contributed by atoms with Gasteiger partial charge in [0.25, 0.3) is 0 Å². The summed E-state index contributed by atoms with van der Waals surface area (Å²) in [6, 6.07) is 12.0. The summed E-state index contributed by atoms with van der Waals surface area (Å²) in [5, 5.41) is 3.47. The monoisotopic (exact) mass is 413 g/mol. The molecule has 0 aromatic heterocycles. The van der Waals surface area contributed by atoms with Crippen molar-refractivity contribution in [2.24, 2.45) is 0 Å².